The van der Waals surface area contributed by atoms with E-state index < -0.39 is 0 Å². The van der Waals surface area contributed by atoms with Gasteiger partial charge in [-0.3, -0.25) is 4.98 Å². The summed E-state index contributed by atoms with van der Waals surface area (Å²) in [5.74, 6) is -0.253. The van der Waals surface area contributed by atoms with Gasteiger partial charge in [0, 0.05) is 10.7 Å². The van der Waals surface area contributed by atoms with Crippen molar-refractivity contribution in [3.8, 4) is 0 Å². The van der Waals surface area contributed by atoms with Crippen molar-refractivity contribution in [2.75, 3.05) is 6.54 Å². The Morgan fingerprint density at radius 3 is 2.85 bits per heavy atom. The Hall–Kier alpha value is -0.970. The maximum Gasteiger partial charge on any atom is 0.124 e. The van der Waals surface area contributed by atoms with Crippen LogP contribution in [0.3, 0.4) is 0 Å². The van der Waals surface area contributed by atoms with Crippen molar-refractivity contribution in [1.82, 2.24) is 10.3 Å². The first-order chi connectivity index (χ1) is 9.61. The van der Waals surface area contributed by atoms with E-state index in [1.165, 1.54) is 12.1 Å². The van der Waals surface area contributed by atoms with Gasteiger partial charge in [-0.05, 0) is 42.8 Å². The smallest absolute Gasteiger partial charge is 0.124 e. The summed E-state index contributed by atoms with van der Waals surface area (Å²) in [6.07, 6.45) is 2.41. The molecule has 106 valence electrons. The van der Waals surface area contributed by atoms with Crippen LogP contribution in [0.25, 0.3) is 0 Å². The summed E-state index contributed by atoms with van der Waals surface area (Å²) >= 11 is 9.61. The van der Waals surface area contributed by atoms with E-state index in [2.05, 4.69) is 26.2 Å². The highest BCUT2D eigenvalue weighted by molar-refractivity contribution is 9.10. The molecule has 1 N–H and O–H groups in total. The topological polar surface area (TPSA) is 24.9 Å². The fourth-order valence-corrected chi connectivity index (χ4v) is 2.84. The van der Waals surface area contributed by atoms with Crippen molar-refractivity contribution in [1.29, 1.82) is 0 Å². The molecule has 20 heavy (non-hydrogen) atoms. The summed E-state index contributed by atoms with van der Waals surface area (Å²) in [6.45, 7) is 2.83. The maximum absolute atomic E-state index is 13.1. The first-order valence-electron chi connectivity index (χ1n) is 6.39. The molecule has 0 aliphatic carbocycles. The van der Waals surface area contributed by atoms with Gasteiger partial charge in [-0.25, -0.2) is 4.39 Å². The summed E-state index contributed by atoms with van der Waals surface area (Å²) in [5, 5.41) is 4.00. The lowest BCUT2D eigenvalue weighted by atomic mass is 10.0. The SMILES string of the molecule is CCNC(Cc1ccc(F)cc1Br)c1ncccc1Cl. The lowest BCUT2D eigenvalue weighted by Crippen LogP contribution is -2.24. The fraction of sp³-hybridized carbons (Fsp3) is 0.267. The minimum atomic E-state index is -0.253. The van der Waals surface area contributed by atoms with Crippen LogP contribution in [-0.4, -0.2) is 11.5 Å². The molecule has 5 heteroatoms. The van der Waals surface area contributed by atoms with E-state index in [1.807, 2.05) is 19.1 Å². The number of benzene rings is 1. The molecule has 0 saturated heterocycles. The Labute approximate surface area is 131 Å². The zero-order valence-electron chi connectivity index (χ0n) is 11.0. The zero-order chi connectivity index (χ0) is 14.5. The molecule has 1 heterocycles. The molecule has 0 amide bonds. The van der Waals surface area contributed by atoms with Crippen LogP contribution >= 0.6 is 27.5 Å². The molecule has 0 radical (unpaired) electrons. The quantitative estimate of drug-likeness (QED) is 0.850. The van der Waals surface area contributed by atoms with Crippen molar-refractivity contribution in [3.05, 3.63) is 63.1 Å². The molecule has 1 aromatic carbocycles. The Kier molecular flexibility index (Phi) is 5.52. The summed E-state index contributed by atoms with van der Waals surface area (Å²) < 4.78 is 13.9. The van der Waals surface area contributed by atoms with Crippen LogP contribution in [0, 0.1) is 5.82 Å². The zero-order valence-corrected chi connectivity index (χ0v) is 13.4. The molecule has 1 atom stereocenters. The van der Waals surface area contributed by atoms with Crippen LogP contribution < -0.4 is 5.32 Å². The number of nitrogens with zero attached hydrogens (tertiary/aromatic N) is 1. The highest BCUT2D eigenvalue weighted by Gasteiger charge is 2.17. The predicted octanol–water partition coefficient (Wildman–Crippen LogP) is 4.53. The molecule has 2 rings (SSSR count). The molecule has 1 aromatic heterocycles. The van der Waals surface area contributed by atoms with Gasteiger partial charge in [-0.15, -0.1) is 0 Å². The van der Waals surface area contributed by atoms with E-state index in [-0.39, 0.29) is 11.9 Å². The van der Waals surface area contributed by atoms with Crippen LogP contribution in [0.5, 0.6) is 0 Å². The van der Waals surface area contributed by atoms with Gasteiger partial charge in [-0.2, -0.15) is 0 Å². The minimum absolute atomic E-state index is 0.00420. The number of likely N-dealkylation sites (N-methyl/N-ethyl adjacent to an activating group) is 1. The number of hydrogen-bond acceptors (Lipinski definition) is 2. The number of aromatic nitrogens is 1. The largest absolute Gasteiger partial charge is 0.309 e. The Balaban J connectivity index is 2.28. The van der Waals surface area contributed by atoms with Crippen molar-refractivity contribution in [3.63, 3.8) is 0 Å². The second-order valence-corrected chi connectivity index (χ2v) is 5.68. The van der Waals surface area contributed by atoms with Crippen molar-refractivity contribution >= 4 is 27.5 Å². The molecule has 0 saturated carbocycles. The number of hydrogen-bond donors (Lipinski definition) is 1. The molecule has 0 spiro atoms. The van der Waals surface area contributed by atoms with Crippen molar-refractivity contribution in [2.45, 2.75) is 19.4 Å². The second kappa shape index (κ2) is 7.16. The summed E-state index contributed by atoms with van der Waals surface area (Å²) in [4.78, 5) is 4.36. The summed E-state index contributed by atoms with van der Waals surface area (Å²) in [5.41, 5.74) is 1.83. The Morgan fingerprint density at radius 2 is 2.20 bits per heavy atom. The molecule has 0 fully saturated rings. The van der Waals surface area contributed by atoms with Gasteiger partial charge in [0.2, 0.25) is 0 Å². The van der Waals surface area contributed by atoms with E-state index in [9.17, 15) is 4.39 Å². The predicted molar refractivity (Wildman–Crippen MR) is 83.5 cm³/mol. The first-order valence-corrected chi connectivity index (χ1v) is 7.56. The highest BCUT2D eigenvalue weighted by Crippen LogP contribution is 2.27. The van der Waals surface area contributed by atoms with Crippen LogP contribution in [0.1, 0.15) is 24.2 Å². The molecule has 1 unspecified atom stereocenters. The maximum atomic E-state index is 13.1. The fourth-order valence-electron chi connectivity index (χ4n) is 2.07. The second-order valence-electron chi connectivity index (χ2n) is 4.42. The van der Waals surface area contributed by atoms with Crippen LogP contribution in [0.15, 0.2) is 41.0 Å². The Morgan fingerprint density at radius 1 is 1.40 bits per heavy atom. The Bertz CT molecular complexity index is 592. The normalized spacial score (nSPS) is 12.4. The van der Waals surface area contributed by atoms with E-state index >= 15 is 0 Å². The molecule has 0 aliphatic rings. The number of nitrogens with one attached hydrogen (secondary N) is 1. The molecular formula is C15H15BrClFN2. The third-order valence-corrected chi connectivity index (χ3v) is 4.06. The van der Waals surface area contributed by atoms with Crippen LogP contribution in [-0.2, 0) is 6.42 Å². The van der Waals surface area contributed by atoms with Gasteiger partial charge in [0.05, 0.1) is 16.8 Å². The third-order valence-electron chi connectivity index (χ3n) is 3.01. The number of halogens is 3. The molecule has 0 bridgehead atoms. The lowest BCUT2D eigenvalue weighted by molar-refractivity contribution is 0.535. The van der Waals surface area contributed by atoms with Crippen LogP contribution in [0.4, 0.5) is 4.39 Å². The number of rotatable bonds is 5. The van der Waals surface area contributed by atoms with Crippen LogP contribution in [0.2, 0.25) is 5.02 Å². The van der Waals surface area contributed by atoms with Gasteiger partial charge in [-0.1, -0.05) is 40.5 Å². The van der Waals surface area contributed by atoms with Crippen molar-refractivity contribution in [2.24, 2.45) is 0 Å². The number of pyridine rings is 1. The van der Waals surface area contributed by atoms with E-state index in [1.54, 1.807) is 12.3 Å². The molecule has 0 aliphatic heterocycles. The third kappa shape index (κ3) is 3.78. The van der Waals surface area contributed by atoms with Crippen molar-refractivity contribution < 1.29 is 4.39 Å². The first kappa shape index (κ1) is 15.4. The summed E-state index contributed by atoms with van der Waals surface area (Å²) in [7, 11) is 0. The molecular weight excluding hydrogens is 343 g/mol. The summed E-state index contributed by atoms with van der Waals surface area (Å²) in [6, 6.07) is 8.34. The minimum Gasteiger partial charge on any atom is -0.309 e. The average molecular weight is 358 g/mol. The van der Waals surface area contributed by atoms with E-state index in [4.69, 9.17) is 11.6 Å². The average Bonchev–Trinajstić information content (AvgIpc) is 2.42. The van der Waals surface area contributed by atoms with Gasteiger partial charge in [0.1, 0.15) is 5.82 Å². The van der Waals surface area contributed by atoms with E-state index in [0.717, 1.165) is 22.3 Å². The monoisotopic (exact) mass is 356 g/mol. The molecule has 2 aromatic rings. The highest BCUT2D eigenvalue weighted by atomic mass is 79.9. The van der Waals surface area contributed by atoms with Gasteiger partial charge in [0.15, 0.2) is 0 Å². The lowest BCUT2D eigenvalue weighted by Gasteiger charge is -2.19. The van der Waals surface area contributed by atoms with Gasteiger partial charge < -0.3 is 5.32 Å². The van der Waals surface area contributed by atoms with Gasteiger partial charge >= 0.3 is 0 Å². The van der Waals surface area contributed by atoms with Gasteiger partial charge in [0.25, 0.3) is 0 Å². The standard InChI is InChI=1S/C15H15BrClFN2/c1-2-19-14(15-13(17)4-3-7-20-15)8-10-5-6-11(18)9-12(10)16/h3-7,9,14,19H,2,8H2,1H3. The molecule has 2 nitrogen and oxygen atoms in total. The van der Waals surface area contributed by atoms with E-state index in [0.29, 0.717) is 11.4 Å².